The molecule has 2 aliphatic heterocycles. The molecule has 1 atom stereocenters. The first-order chi connectivity index (χ1) is 9.75. The van der Waals surface area contributed by atoms with Crippen LogP contribution in [0.3, 0.4) is 0 Å². The molecule has 1 unspecified atom stereocenters. The Bertz CT molecular complexity index is 465. The van der Waals surface area contributed by atoms with Gasteiger partial charge in [0, 0.05) is 25.6 Å². The Kier molecular flexibility index (Phi) is 3.90. The van der Waals surface area contributed by atoms with Crippen molar-refractivity contribution >= 4 is 17.4 Å². The summed E-state index contributed by atoms with van der Waals surface area (Å²) in [6.45, 7) is 5.05. The van der Waals surface area contributed by atoms with Crippen LogP contribution in [0.5, 0.6) is 0 Å². The molecular formula is C16H23N3O. The van der Waals surface area contributed by atoms with Crippen molar-refractivity contribution < 1.29 is 4.79 Å². The summed E-state index contributed by atoms with van der Waals surface area (Å²) in [5, 5.41) is 0. The third-order valence-electron chi connectivity index (χ3n) is 4.43. The standard InChI is InChI=1S/C16H23N3O/c1-13-6-5-11-19(16(13)20)14-7-8-15(17-12-14)18-9-3-2-4-10-18/h7-8,12-13H,2-6,9-11H2,1H3. The molecule has 0 N–H and O–H groups in total. The zero-order valence-electron chi connectivity index (χ0n) is 12.2. The number of nitrogens with zero attached hydrogens (tertiary/aromatic N) is 3. The minimum atomic E-state index is 0.144. The van der Waals surface area contributed by atoms with E-state index in [-0.39, 0.29) is 11.8 Å². The summed E-state index contributed by atoms with van der Waals surface area (Å²) in [5.41, 5.74) is 0.947. The van der Waals surface area contributed by atoms with Gasteiger partial charge < -0.3 is 9.80 Å². The van der Waals surface area contributed by atoms with Gasteiger partial charge in [0.2, 0.25) is 5.91 Å². The van der Waals surface area contributed by atoms with Crippen LogP contribution in [0.25, 0.3) is 0 Å². The van der Waals surface area contributed by atoms with Crippen LogP contribution in [0.4, 0.5) is 11.5 Å². The fraction of sp³-hybridized carbons (Fsp3) is 0.625. The molecule has 20 heavy (non-hydrogen) atoms. The third-order valence-corrected chi connectivity index (χ3v) is 4.43. The molecule has 4 heteroatoms. The Labute approximate surface area is 120 Å². The molecule has 2 saturated heterocycles. The van der Waals surface area contributed by atoms with Crippen molar-refractivity contribution in [1.82, 2.24) is 4.98 Å². The highest BCUT2D eigenvalue weighted by Crippen LogP contribution is 2.25. The van der Waals surface area contributed by atoms with Crippen LogP contribution in [0.2, 0.25) is 0 Å². The molecule has 1 aromatic heterocycles. The van der Waals surface area contributed by atoms with Crippen LogP contribution >= 0.6 is 0 Å². The quantitative estimate of drug-likeness (QED) is 0.831. The first kappa shape index (κ1) is 13.4. The summed E-state index contributed by atoms with van der Waals surface area (Å²) in [7, 11) is 0. The summed E-state index contributed by atoms with van der Waals surface area (Å²) in [6.07, 6.45) is 7.79. The fourth-order valence-corrected chi connectivity index (χ4v) is 3.16. The second-order valence-electron chi connectivity index (χ2n) is 5.96. The molecule has 0 radical (unpaired) electrons. The Hall–Kier alpha value is -1.58. The SMILES string of the molecule is CC1CCCN(c2ccc(N3CCCCC3)nc2)C1=O. The van der Waals surface area contributed by atoms with Crippen LogP contribution in [-0.2, 0) is 4.79 Å². The summed E-state index contributed by atoms with van der Waals surface area (Å²) >= 11 is 0. The highest BCUT2D eigenvalue weighted by Gasteiger charge is 2.26. The van der Waals surface area contributed by atoms with Gasteiger partial charge in [-0.2, -0.15) is 0 Å². The van der Waals surface area contributed by atoms with Gasteiger partial charge in [-0.05, 0) is 44.2 Å². The lowest BCUT2D eigenvalue weighted by atomic mass is 9.99. The molecule has 0 spiro atoms. The van der Waals surface area contributed by atoms with E-state index in [4.69, 9.17) is 0 Å². The van der Waals surface area contributed by atoms with E-state index >= 15 is 0 Å². The van der Waals surface area contributed by atoms with Crippen molar-refractivity contribution in [3.8, 4) is 0 Å². The number of anilines is 2. The molecule has 4 nitrogen and oxygen atoms in total. The smallest absolute Gasteiger partial charge is 0.229 e. The minimum Gasteiger partial charge on any atom is -0.357 e. The van der Waals surface area contributed by atoms with Gasteiger partial charge >= 0.3 is 0 Å². The zero-order chi connectivity index (χ0) is 13.9. The van der Waals surface area contributed by atoms with Gasteiger partial charge in [0.05, 0.1) is 11.9 Å². The molecular weight excluding hydrogens is 250 g/mol. The number of aromatic nitrogens is 1. The predicted molar refractivity (Wildman–Crippen MR) is 81.1 cm³/mol. The predicted octanol–water partition coefficient (Wildman–Crippen LogP) is 2.83. The number of amides is 1. The second-order valence-corrected chi connectivity index (χ2v) is 5.96. The maximum Gasteiger partial charge on any atom is 0.229 e. The number of piperidine rings is 2. The number of rotatable bonds is 2. The fourth-order valence-electron chi connectivity index (χ4n) is 3.16. The van der Waals surface area contributed by atoms with E-state index < -0.39 is 0 Å². The van der Waals surface area contributed by atoms with E-state index in [1.807, 2.05) is 24.1 Å². The molecule has 1 amide bonds. The van der Waals surface area contributed by atoms with Crippen molar-refractivity contribution in [2.75, 3.05) is 29.4 Å². The number of hydrogen-bond donors (Lipinski definition) is 0. The van der Waals surface area contributed by atoms with E-state index in [0.717, 1.165) is 44.0 Å². The normalized spacial score (nSPS) is 24.1. The van der Waals surface area contributed by atoms with Gasteiger partial charge in [-0.15, -0.1) is 0 Å². The summed E-state index contributed by atoms with van der Waals surface area (Å²) < 4.78 is 0. The highest BCUT2D eigenvalue weighted by molar-refractivity contribution is 5.95. The molecule has 2 fully saturated rings. The Morgan fingerprint density at radius 2 is 1.90 bits per heavy atom. The number of hydrogen-bond acceptors (Lipinski definition) is 3. The molecule has 0 saturated carbocycles. The van der Waals surface area contributed by atoms with Crippen LogP contribution in [0.15, 0.2) is 18.3 Å². The van der Waals surface area contributed by atoms with Crippen LogP contribution in [0, 0.1) is 5.92 Å². The van der Waals surface area contributed by atoms with Gasteiger partial charge in [-0.3, -0.25) is 4.79 Å². The first-order valence-corrected chi connectivity index (χ1v) is 7.78. The van der Waals surface area contributed by atoms with Crippen LogP contribution in [0.1, 0.15) is 39.0 Å². The van der Waals surface area contributed by atoms with E-state index in [0.29, 0.717) is 0 Å². The molecule has 3 rings (SSSR count). The number of pyridine rings is 1. The van der Waals surface area contributed by atoms with Gasteiger partial charge in [-0.25, -0.2) is 4.98 Å². The lowest BCUT2D eigenvalue weighted by Gasteiger charge is -2.31. The largest absolute Gasteiger partial charge is 0.357 e. The average Bonchev–Trinajstić information content (AvgIpc) is 2.51. The summed E-state index contributed by atoms with van der Waals surface area (Å²) in [6, 6.07) is 4.11. The van der Waals surface area contributed by atoms with Gasteiger partial charge in [0.1, 0.15) is 5.82 Å². The molecule has 1 aromatic rings. The first-order valence-electron chi connectivity index (χ1n) is 7.78. The van der Waals surface area contributed by atoms with Crippen molar-refractivity contribution in [2.45, 2.75) is 39.0 Å². The van der Waals surface area contributed by atoms with E-state index in [9.17, 15) is 4.79 Å². The molecule has 0 aliphatic carbocycles. The molecule has 0 bridgehead atoms. The maximum absolute atomic E-state index is 12.2. The number of carbonyl (C=O) groups is 1. The minimum absolute atomic E-state index is 0.144. The average molecular weight is 273 g/mol. The van der Waals surface area contributed by atoms with Crippen molar-refractivity contribution in [1.29, 1.82) is 0 Å². The van der Waals surface area contributed by atoms with Crippen molar-refractivity contribution in [2.24, 2.45) is 5.92 Å². The topological polar surface area (TPSA) is 36.4 Å². The lowest BCUT2D eigenvalue weighted by Crippen LogP contribution is -2.40. The van der Waals surface area contributed by atoms with Gasteiger partial charge in [0.15, 0.2) is 0 Å². The highest BCUT2D eigenvalue weighted by atomic mass is 16.2. The Morgan fingerprint density at radius 1 is 1.10 bits per heavy atom. The van der Waals surface area contributed by atoms with Crippen molar-refractivity contribution in [3.63, 3.8) is 0 Å². The van der Waals surface area contributed by atoms with E-state index in [1.165, 1.54) is 19.3 Å². The monoisotopic (exact) mass is 273 g/mol. The van der Waals surface area contributed by atoms with E-state index in [1.54, 1.807) is 0 Å². The zero-order valence-corrected chi connectivity index (χ0v) is 12.2. The molecule has 3 heterocycles. The van der Waals surface area contributed by atoms with Crippen molar-refractivity contribution in [3.05, 3.63) is 18.3 Å². The second kappa shape index (κ2) is 5.81. The Morgan fingerprint density at radius 3 is 2.60 bits per heavy atom. The molecule has 2 aliphatic rings. The summed E-state index contributed by atoms with van der Waals surface area (Å²) in [4.78, 5) is 21.0. The Balaban J connectivity index is 1.73. The summed E-state index contributed by atoms with van der Waals surface area (Å²) in [5.74, 6) is 1.43. The molecule has 0 aromatic carbocycles. The van der Waals surface area contributed by atoms with Crippen LogP contribution in [-0.4, -0.2) is 30.5 Å². The maximum atomic E-state index is 12.2. The van der Waals surface area contributed by atoms with Gasteiger partial charge in [0.25, 0.3) is 0 Å². The van der Waals surface area contributed by atoms with E-state index in [2.05, 4.69) is 16.0 Å². The van der Waals surface area contributed by atoms with Crippen LogP contribution < -0.4 is 9.80 Å². The third kappa shape index (κ3) is 2.65. The number of carbonyl (C=O) groups excluding carboxylic acids is 1. The molecule has 108 valence electrons. The lowest BCUT2D eigenvalue weighted by molar-refractivity contribution is -0.123. The van der Waals surface area contributed by atoms with Gasteiger partial charge in [-0.1, -0.05) is 6.92 Å².